The Bertz CT molecular complexity index is 202. The van der Waals surface area contributed by atoms with Gasteiger partial charge in [0.25, 0.3) is 0 Å². The smallest absolute Gasteiger partial charge is 0.202 e. The van der Waals surface area contributed by atoms with Crippen molar-refractivity contribution in [2.45, 2.75) is 18.3 Å². The molecule has 0 aromatic heterocycles. The number of rotatable bonds is 0. The minimum Gasteiger partial charge on any atom is -0.202 e. The number of quaternary nitrogens is 1. The van der Waals surface area contributed by atoms with Crippen molar-refractivity contribution in [1.82, 2.24) is 4.90 Å². The Morgan fingerprint density at radius 2 is 1.42 bits per heavy atom. The summed E-state index contributed by atoms with van der Waals surface area (Å²) in [7, 11) is 0.234. The first-order valence-corrected chi connectivity index (χ1v) is 2.86. The molecule has 0 bridgehead atoms. The lowest BCUT2D eigenvalue weighted by molar-refractivity contribution is -0.867. The van der Waals surface area contributed by atoms with Gasteiger partial charge in [-0.15, -0.1) is 22.5 Å². The van der Waals surface area contributed by atoms with Gasteiger partial charge in [0.2, 0.25) is 0 Å². The number of nitrogens with zero attached hydrogens (tertiary/aromatic N) is 1. The monoisotopic (exact) mass is 195 g/mol. The van der Waals surface area contributed by atoms with Crippen LogP contribution in [0, 0.1) is 0 Å². The number of halogens is 6. The Balaban J connectivity index is 3.05. The van der Waals surface area contributed by atoms with E-state index in [9.17, 15) is 26.3 Å². The van der Waals surface area contributed by atoms with Gasteiger partial charge in [0.1, 0.15) is 0 Å². The third kappa shape index (κ3) is 0.977. The normalized spacial score (nSPS) is 32.2. The third-order valence-corrected chi connectivity index (χ3v) is 1.62. The second kappa shape index (κ2) is 2.05. The fourth-order valence-electron chi connectivity index (χ4n) is 0.813. The fourth-order valence-corrected chi connectivity index (χ4v) is 0.813. The number of hydrogen-bond acceptors (Lipinski definition) is 1. The lowest BCUT2D eigenvalue weighted by Gasteiger charge is -2.17. The van der Waals surface area contributed by atoms with E-state index in [0.29, 0.717) is 0 Å². The summed E-state index contributed by atoms with van der Waals surface area (Å²) in [5, 5.41) is -0.958. The quantitative estimate of drug-likeness (QED) is 0.433. The SMILES string of the molecule is CN1C(F)(F)[NH2+]C(F)(F)C1(F)F. The Labute approximate surface area is 63.1 Å². The average Bonchev–Trinajstić information content (AvgIpc) is 1.90. The number of hydrogen-bond donors (Lipinski definition) is 1. The zero-order chi connectivity index (χ0) is 9.78. The summed E-state index contributed by atoms with van der Waals surface area (Å²) in [6.45, 7) is 0. The first-order valence-electron chi connectivity index (χ1n) is 2.86. The zero-order valence-electron chi connectivity index (χ0n) is 5.79. The Morgan fingerprint density at radius 1 is 1.00 bits per heavy atom. The third-order valence-electron chi connectivity index (χ3n) is 1.62. The van der Waals surface area contributed by atoms with Crippen molar-refractivity contribution >= 4 is 0 Å². The molecule has 1 fully saturated rings. The predicted octanol–water partition coefficient (Wildman–Crippen LogP) is 0.231. The number of nitrogens with two attached hydrogens (primary N) is 1. The van der Waals surface area contributed by atoms with E-state index in [1.165, 1.54) is 0 Å². The van der Waals surface area contributed by atoms with Crippen LogP contribution in [0.15, 0.2) is 0 Å². The first kappa shape index (κ1) is 9.59. The summed E-state index contributed by atoms with van der Waals surface area (Å²) in [6.07, 6.45) is -4.27. The maximum Gasteiger partial charge on any atom is 0.473 e. The van der Waals surface area contributed by atoms with Crippen LogP contribution >= 0.6 is 0 Å². The van der Waals surface area contributed by atoms with E-state index < -0.39 is 28.5 Å². The van der Waals surface area contributed by atoms with Crippen molar-refractivity contribution < 1.29 is 31.7 Å². The highest BCUT2D eigenvalue weighted by Crippen LogP contribution is 2.40. The molecular weight excluding hydrogens is 190 g/mol. The van der Waals surface area contributed by atoms with Gasteiger partial charge in [0.15, 0.2) is 0 Å². The molecule has 72 valence electrons. The molecule has 1 aliphatic heterocycles. The molecule has 0 atom stereocenters. The van der Waals surface area contributed by atoms with E-state index in [0.717, 1.165) is 0 Å². The van der Waals surface area contributed by atoms with Gasteiger partial charge in [-0.3, -0.25) is 0 Å². The van der Waals surface area contributed by atoms with E-state index >= 15 is 0 Å². The highest BCUT2D eigenvalue weighted by molar-refractivity contribution is 4.80. The molecule has 0 unspecified atom stereocenters. The van der Waals surface area contributed by atoms with Gasteiger partial charge in [-0.25, -0.2) is 5.32 Å². The van der Waals surface area contributed by atoms with Gasteiger partial charge in [0.05, 0.1) is 0 Å². The molecule has 0 aromatic carbocycles. The first-order chi connectivity index (χ1) is 5.11. The van der Waals surface area contributed by atoms with Crippen molar-refractivity contribution in [3.63, 3.8) is 0 Å². The van der Waals surface area contributed by atoms with Gasteiger partial charge in [-0.2, -0.15) is 8.78 Å². The second-order valence-corrected chi connectivity index (χ2v) is 2.46. The van der Waals surface area contributed by atoms with Crippen molar-refractivity contribution in [2.24, 2.45) is 0 Å². The molecule has 0 amide bonds. The largest absolute Gasteiger partial charge is 0.473 e. The van der Waals surface area contributed by atoms with E-state index in [1.54, 1.807) is 0 Å². The molecule has 1 saturated heterocycles. The molecule has 8 heteroatoms. The molecule has 0 spiro atoms. The molecular formula is C4H5F6N2+. The van der Waals surface area contributed by atoms with Crippen molar-refractivity contribution in [2.75, 3.05) is 7.05 Å². The second-order valence-electron chi connectivity index (χ2n) is 2.46. The van der Waals surface area contributed by atoms with Gasteiger partial charge in [-0.05, 0) is 0 Å². The van der Waals surface area contributed by atoms with Crippen LogP contribution in [0.4, 0.5) is 26.3 Å². The molecule has 2 N–H and O–H groups in total. The van der Waals surface area contributed by atoms with Crippen LogP contribution in [-0.2, 0) is 0 Å². The van der Waals surface area contributed by atoms with Crippen molar-refractivity contribution in [3.8, 4) is 0 Å². The molecule has 1 rings (SSSR count). The number of likely N-dealkylation sites (N-methyl/N-ethyl adjacent to an activating group) is 1. The minimum atomic E-state index is -4.82. The lowest BCUT2D eigenvalue weighted by atomic mass is 10.5. The molecule has 0 radical (unpaired) electrons. The summed E-state index contributed by atoms with van der Waals surface area (Å²) in [5.74, 6) is 0. The molecule has 1 aliphatic rings. The maximum absolute atomic E-state index is 12.3. The van der Waals surface area contributed by atoms with Gasteiger partial charge in [0, 0.05) is 7.05 Å². The van der Waals surface area contributed by atoms with Crippen LogP contribution < -0.4 is 5.32 Å². The van der Waals surface area contributed by atoms with Crippen molar-refractivity contribution in [3.05, 3.63) is 0 Å². The molecule has 0 aromatic rings. The van der Waals surface area contributed by atoms with E-state index in [1.807, 2.05) is 0 Å². The van der Waals surface area contributed by atoms with E-state index in [2.05, 4.69) is 0 Å². The summed E-state index contributed by atoms with van der Waals surface area (Å²) in [6, 6.07) is -9.61. The highest BCUT2D eigenvalue weighted by atomic mass is 19.3. The minimum absolute atomic E-state index is 0.234. The predicted molar refractivity (Wildman–Crippen MR) is 24.5 cm³/mol. The Morgan fingerprint density at radius 3 is 1.50 bits per heavy atom. The van der Waals surface area contributed by atoms with E-state index in [4.69, 9.17) is 0 Å². The molecule has 0 aliphatic carbocycles. The van der Waals surface area contributed by atoms with Crippen LogP contribution in [-0.4, -0.2) is 30.2 Å². The maximum atomic E-state index is 12.3. The zero-order valence-corrected chi connectivity index (χ0v) is 5.79. The molecule has 1 heterocycles. The topological polar surface area (TPSA) is 19.9 Å². The molecule has 0 saturated carbocycles. The standard InChI is InChI=1S/C4H4F6N2/c1-12-3(7,8)2(5,6)11-4(12,9)10/h11H,1H3/p+1. The van der Waals surface area contributed by atoms with Crippen molar-refractivity contribution in [1.29, 1.82) is 0 Å². The van der Waals surface area contributed by atoms with Gasteiger partial charge < -0.3 is 0 Å². The van der Waals surface area contributed by atoms with Crippen LogP contribution in [0.2, 0.25) is 0 Å². The summed E-state index contributed by atoms with van der Waals surface area (Å²) < 4.78 is 73.3. The fraction of sp³-hybridized carbons (Fsp3) is 1.00. The summed E-state index contributed by atoms with van der Waals surface area (Å²) in [4.78, 5) is -0.958. The van der Waals surface area contributed by atoms with Gasteiger partial charge >= 0.3 is 18.3 Å². The highest BCUT2D eigenvalue weighted by Gasteiger charge is 2.79. The summed E-state index contributed by atoms with van der Waals surface area (Å²) in [5.41, 5.74) is 0. The van der Waals surface area contributed by atoms with Gasteiger partial charge in [-0.1, -0.05) is 0 Å². The van der Waals surface area contributed by atoms with Crippen LogP contribution in [0.25, 0.3) is 0 Å². The van der Waals surface area contributed by atoms with Crippen LogP contribution in [0.1, 0.15) is 0 Å². The number of alkyl halides is 6. The lowest BCUT2D eigenvalue weighted by Crippen LogP contribution is -3.00. The van der Waals surface area contributed by atoms with Crippen LogP contribution in [0.5, 0.6) is 0 Å². The van der Waals surface area contributed by atoms with Crippen LogP contribution in [0.3, 0.4) is 0 Å². The Hall–Kier alpha value is -0.500. The Kier molecular flexibility index (Phi) is 1.64. The van der Waals surface area contributed by atoms with E-state index in [-0.39, 0.29) is 7.05 Å². The molecule has 12 heavy (non-hydrogen) atoms. The summed E-state index contributed by atoms with van der Waals surface area (Å²) >= 11 is 0. The molecule has 2 nitrogen and oxygen atoms in total. The average molecular weight is 195 g/mol.